The molecule has 0 radical (unpaired) electrons. The number of aliphatic hydroxyl groups excluding tert-OH is 1. The van der Waals surface area contributed by atoms with Crippen LogP contribution in [-0.2, 0) is 9.47 Å². The summed E-state index contributed by atoms with van der Waals surface area (Å²) in [4.78, 5) is 2.47. The van der Waals surface area contributed by atoms with E-state index in [9.17, 15) is 0 Å². The van der Waals surface area contributed by atoms with Gasteiger partial charge in [-0.3, -0.25) is 4.90 Å². The van der Waals surface area contributed by atoms with Crippen molar-refractivity contribution in [3.8, 4) is 0 Å². The highest BCUT2D eigenvalue weighted by atomic mass is 16.7. The van der Waals surface area contributed by atoms with Crippen LogP contribution in [0.25, 0.3) is 0 Å². The summed E-state index contributed by atoms with van der Waals surface area (Å²) in [6, 6.07) is 0.555. The van der Waals surface area contributed by atoms with E-state index < -0.39 is 0 Å². The molecule has 2 rings (SSSR count). The third kappa shape index (κ3) is 4.50. The fourth-order valence-corrected chi connectivity index (χ4v) is 2.97. The highest BCUT2D eigenvalue weighted by molar-refractivity contribution is 4.76. The molecule has 2 atom stereocenters. The van der Waals surface area contributed by atoms with Gasteiger partial charge in [0.25, 0.3) is 0 Å². The van der Waals surface area contributed by atoms with Gasteiger partial charge in [-0.2, -0.15) is 0 Å². The molecule has 0 bridgehead atoms. The van der Waals surface area contributed by atoms with E-state index in [0.717, 1.165) is 39.1 Å². The summed E-state index contributed by atoms with van der Waals surface area (Å²) in [5, 5.41) is 9.09. The van der Waals surface area contributed by atoms with E-state index in [1.54, 1.807) is 0 Å². The van der Waals surface area contributed by atoms with Crippen LogP contribution in [0.1, 0.15) is 44.9 Å². The molecule has 0 aliphatic carbocycles. The predicted molar refractivity (Wildman–Crippen MR) is 70.5 cm³/mol. The van der Waals surface area contributed by atoms with E-state index in [1.807, 2.05) is 0 Å². The maximum absolute atomic E-state index is 9.09. The minimum absolute atomic E-state index is 0.0276. The summed E-state index contributed by atoms with van der Waals surface area (Å²) < 4.78 is 11.3. The van der Waals surface area contributed by atoms with Gasteiger partial charge >= 0.3 is 0 Å². The van der Waals surface area contributed by atoms with Gasteiger partial charge in [-0.15, -0.1) is 0 Å². The highest BCUT2D eigenvalue weighted by Crippen LogP contribution is 2.19. The third-order valence-corrected chi connectivity index (χ3v) is 4.03. The summed E-state index contributed by atoms with van der Waals surface area (Å²) in [5.41, 5.74) is 0. The number of likely N-dealkylation sites (tertiary alicyclic amines) is 1. The van der Waals surface area contributed by atoms with Crippen LogP contribution < -0.4 is 0 Å². The van der Waals surface area contributed by atoms with Crippen LogP contribution in [0.5, 0.6) is 0 Å². The number of ether oxygens (including phenoxy) is 2. The van der Waals surface area contributed by atoms with Crippen LogP contribution in [0.15, 0.2) is 0 Å². The van der Waals surface area contributed by atoms with Gasteiger partial charge in [-0.1, -0.05) is 6.42 Å². The maximum Gasteiger partial charge on any atom is 0.157 e. The molecule has 0 saturated carbocycles. The molecule has 2 fully saturated rings. The van der Waals surface area contributed by atoms with E-state index in [0.29, 0.717) is 12.6 Å². The van der Waals surface area contributed by atoms with Crippen molar-refractivity contribution in [2.45, 2.75) is 57.3 Å². The van der Waals surface area contributed by atoms with E-state index in [-0.39, 0.29) is 6.29 Å². The largest absolute Gasteiger partial charge is 0.396 e. The summed E-state index contributed by atoms with van der Waals surface area (Å²) in [6.45, 7) is 4.03. The Labute approximate surface area is 110 Å². The van der Waals surface area contributed by atoms with Gasteiger partial charge in [-0.25, -0.2) is 0 Å². The monoisotopic (exact) mass is 257 g/mol. The lowest BCUT2D eigenvalue weighted by molar-refractivity contribution is -0.165. The minimum atomic E-state index is 0.0276. The smallest absolute Gasteiger partial charge is 0.157 e. The summed E-state index contributed by atoms with van der Waals surface area (Å²) >= 11 is 0. The normalized spacial score (nSPS) is 30.5. The molecule has 1 N–H and O–H groups in total. The molecule has 0 aromatic carbocycles. The molecule has 2 unspecified atom stereocenters. The van der Waals surface area contributed by atoms with Crippen LogP contribution >= 0.6 is 0 Å². The Hall–Kier alpha value is -0.160. The van der Waals surface area contributed by atoms with Crippen molar-refractivity contribution in [1.82, 2.24) is 4.90 Å². The van der Waals surface area contributed by atoms with Crippen molar-refractivity contribution in [3.05, 3.63) is 0 Å². The molecule has 2 saturated heterocycles. The molecule has 0 aromatic heterocycles. The number of aliphatic hydroxyl groups is 1. The van der Waals surface area contributed by atoms with Crippen LogP contribution in [0.3, 0.4) is 0 Å². The molecule has 4 heteroatoms. The predicted octanol–water partition coefficient (Wildman–Crippen LogP) is 1.77. The van der Waals surface area contributed by atoms with Crippen molar-refractivity contribution in [3.63, 3.8) is 0 Å². The molecule has 4 nitrogen and oxygen atoms in total. The zero-order valence-electron chi connectivity index (χ0n) is 11.4. The standard InChI is InChI=1S/C14H27NO3/c16-10-7-13-5-1-3-8-15(13)9-12-18-14-6-2-4-11-17-14/h13-14,16H,1-12H2. The van der Waals surface area contributed by atoms with Crippen molar-refractivity contribution in [2.24, 2.45) is 0 Å². The Morgan fingerprint density at radius 1 is 1.17 bits per heavy atom. The number of nitrogens with zero attached hydrogens (tertiary/aromatic N) is 1. The average Bonchev–Trinajstić information content (AvgIpc) is 2.42. The Kier molecular flexibility index (Phi) is 6.41. The molecule has 2 aliphatic heterocycles. The van der Waals surface area contributed by atoms with Gasteiger partial charge in [0.05, 0.1) is 6.61 Å². The lowest BCUT2D eigenvalue weighted by Crippen LogP contribution is -2.42. The summed E-state index contributed by atoms with van der Waals surface area (Å²) in [6.07, 6.45) is 8.17. The lowest BCUT2D eigenvalue weighted by Gasteiger charge is -2.35. The molecular formula is C14H27NO3. The average molecular weight is 257 g/mol. The van der Waals surface area contributed by atoms with Crippen molar-refractivity contribution in [2.75, 3.05) is 32.9 Å². The van der Waals surface area contributed by atoms with Gasteiger partial charge in [0, 0.05) is 25.8 Å². The number of hydrogen-bond donors (Lipinski definition) is 1. The number of hydrogen-bond acceptors (Lipinski definition) is 4. The fourth-order valence-electron chi connectivity index (χ4n) is 2.97. The van der Waals surface area contributed by atoms with Gasteiger partial charge < -0.3 is 14.6 Å². The number of rotatable bonds is 6. The quantitative estimate of drug-likeness (QED) is 0.787. The fraction of sp³-hybridized carbons (Fsp3) is 1.00. The molecule has 18 heavy (non-hydrogen) atoms. The summed E-state index contributed by atoms with van der Waals surface area (Å²) in [7, 11) is 0. The van der Waals surface area contributed by atoms with Gasteiger partial charge in [0.15, 0.2) is 6.29 Å². The topological polar surface area (TPSA) is 41.9 Å². The second-order valence-electron chi connectivity index (χ2n) is 5.36. The zero-order chi connectivity index (χ0) is 12.6. The molecule has 2 heterocycles. The molecule has 0 spiro atoms. The van der Waals surface area contributed by atoms with Gasteiger partial charge in [-0.05, 0) is 45.1 Å². The Morgan fingerprint density at radius 2 is 2.06 bits per heavy atom. The first kappa shape index (κ1) is 14.3. The first-order valence-electron chi connectivity index (χ1n) is 7.48. The van der Waals surface area contributed by atoms with Crippen molar-refractivity contribution < 1.29 is 14.6 Å². The molecule has 106 valence electrons. The van der Waals surface area contributed by atoms with Gasteiger partial charge in [0.2, 0.25) is 0 Å². The Bertz CT molecular complexity index is 217. The minimum Gasteiger partial charge on any atom is -0.396 e. The van der Waals surface area contributed by atoms with Crippen LogP contribution in [0.2, 0.25) is 0 Å². The summed E-state index contributed by atoms with van der Waals surface area (Å²) in [5.74, 6) is 0. The van der Waals surface area contributed by atoms with Crippen LogP contribution in [0.4, 0.5) is 0 Å². The molecular weight excluding hydrogens is 230 g/mol. The maximum atomic E-state index is 9.09. The van der Waals surface area contributed by atoms with Crippen molar-refractivity contribution >= 4 is 0 Å². The van der Waals surface area contributed by atoms with E-state index in [4.69, 9.17) is 14.6 Å². The van der Waals surface area contributed by atoms with E-state index in [1.165, 1.54) is 32.1 Å². The van der Waals surface area contributed by atoms with Crippen molar-refractivity contribution in [1.29, 1.82) is 0 Å². The van der Waals surface area contributed by atoms with Gasteiger partial charge in [0.1, 0.15) is 0 Å². The zero-order valence-corrected chi connectivity index (χ0v) is 11.4. The Morgan fingerprint density at radius 3 is 2.83 bits per heavy atom. The second kappa shape index (κ2) is 8.10. The second-order valence-corrected chi connectivity index (χ2v) is 5.36. The molecule has 0 aromatic rings. The Balaban J connectivity index is 1.64. The first-order valence-corrected chi connectivity index (χ1v) is 7.48. The van der Waals surface area contributed by atoms with Crippen LogP contribution in [0, 0.1) is 0 Å². The van der Waals surface area contributed by atoms with Crippen LogP contribution in [-0.4, -0.2) is 55.2 Å². The third-order valence-electron chi connectivity index (χ3n) is 4.03. The highest BCUT2D eigenvalue weighted by Gasteiger charge is 2.22. The van der Waals surface area contributed by atoms with E-state index >= 15 is 0 Å². The molecule has 2 aliphatic rings. The molecule has 0 amide bonds. The first-order chi connectivity index (χ1) is 8.90. The number of piperidine rings is 1. The lowest BCUT2D eigenvalue weighted by atomic mass is 10.00. The SMILES string of the molecule is OCCC1CCCCN1CCOC1CCCCO1. The van der Waals surface area contributed by atoms with E-state index in [2.05, 4.69) is 4.90 Å².